The van der Waals surface area contributed by atoms with Gasteiger partial charge < -0.3 is 9.84 Å². The lowest BCUT2D eigenvalue weighted by Crippen LogP contribution is -2.50. The largest absolute Gasteiger partial charge is 0.462 e. The molecule has 8 heteroatoms. The Bertz CT molecular complexity index is 884. The van der Waals surface area contributed by atoms with E-state index in [-0.39, 0.29) is 12.2 Å². The van der Waals surface area contributed by atoms with Crippen molar-refractivity contribution in [3.8, 4) is 0 Å². The molecular formula is C18H19ClN4O3. The Hall–Kier alpha value is -2.64. The molecule has 1 atom stereocenters. The first-order valence-electron chi connectivity index (χ1n) is 8.08. The van der Waals surface area contributed by atoms with Crippen molar-refractivity contribution in [3.05, 3.63) is 58.9 Å². The predicted molar refractivity (Wildman–Crippen MR) is 99.0 cm³/mol. The zero-order valence-electron chi connectivity index (χ0n) is 14.7. The van der Waals surface area contributed by atoms with Gasteiger partial charge in [-0.15, -0.1) is 0 Å². The van der Waals surface area contributed by atoms with Crippen LogP contribution in [-0.2, 0) is 16.6 Å². The minimum atomic E-state index is -1.69. The second-order valence-corrected chi connectivity index (χ2v) is 6.41. The predicted octanol–water partition coefficient (Wildman–Crippen LogP) is 2.50. The molecule has 1 aromatic carbocycles. The zero-order valence-corrected chi connectivity index (χ0v) is 15.4. The van der Waals surface area contributed by atoms with Crippen LogP contribution in [0.3, 0.4) is 0 Å². The van der Waals surface area contributed by atoms with Crippen LogP contribution >= 0.6 is 11.6 Å². The van der Waals surface area contributed by atoms with Gasteiger partial charge in [0.25, 0.3) is 0 Å². The van der Waals surface area contributed by atoms with Crippen molar-refractivity contribution in [2.24, 2.45) is 12.1 Å². The molecule has 2 aromatic rings. The highest BCUT2D eigenvalue weighted by atomic mass is 35.5. The summed E-state index contributed by atoms with van der Waals surface area (Å²) in [7, 11) is 1.76. The number of anilines is 1. The molecule has 1 aliphatic rings. The molecule has 1 unspecified atom stereocenters. The van der Waals surface area contributed by atoms with E-state index >= 15 is 0 Å². The molecule has 0 aliphatic carbocycles. The SMILES string of the molecule is CCOC(=O)C1=CC(c2ccc(Cl)cc2)=NN(c2cnn(C)c2)C1(C)O. The molecule has 0 spiro atoms. The molecule has 26 heavy (non-hydrogen) atoms. The van der Waals surface area contributed by atoms with Crippen LogP contribution in [0.1, 0.15) is 19.4 Å². The van der Waals surface area contributed by atoms with Gasteiger partial charge in [0, 0.05) is 23.8 Å². The van der Waals surface area contributed by atoms with Crippen molar-refractivity contribution in [1.29, 1.82) is 0 Å². The van der Waals surface area contributed by atoms with Gasteiger partial charge in [0.15, 0.2) is 5.72 Å². The van der Waals surface area contributed by atoms with Gasteiger partial charge in [-0.05, 0) is 32.1 Å². The average Bonchev–Trinajstić information content (AvgIpc) is 3.01. The normalized spacial score (nSPS) is 19.8. The molecule has 0 saturated heterocycles. The fraction of sp³-hybridized carbons (Fsp3) is 0.278. The smallest absolute Gasteiger partial charge is 0.339 e. The van der Waals surface area contributed by atoms with Crippen molar-refractivity contribution < 1.29 is 14.6 Å². The maximum atomic E-state index is 12.5. The molecule has 1 aromatic heterocycles. The van der Waals surface area contributed by atoms with E-state index in [2.05, 4.69) is 10.2 Å². The fourth-order valence-electron chi connectivity index (χ4n) is 2.67. The lowest BCUT2D eigenvalue weighted by Gasteiger charge is -2.37. The van der Waals surface area contributed by atoms with Crippen LogP contribution in [-0.4, -0.2) is 38.9 Å². The van der Waals surface area contributed by atoms with Crippen molar-refractivity contribution in [2.45, 2.75) is 19.6 Å². The van der Waals surface area contributed by atoms with Crippen molar-refractivity contribution in [1.82, 2.24) is 9.78 Å². The fourth-order valence-corrected chi connectivity index (χ4v) is 2.80. The number of hydrazone groups is 1. The number of aryl methyl sites for hydroxylation is 1. The number of hydrogen-bond acceptors (Lipinski definition) is 6. The summed E-state index contributed by atoms with van der Waals surface area (Å²) in [5.74, 6) is -0.604. The van der Waals surface area contributed by atoms with Crippen LogP contribution in [0.2, 0.25) is 5.02 Å². The minimum absolute atomic E-state index is 0.0863. The van der Waals surface area contributed by atoms with Crippen LogP contribution in [0.5, 0.6) is 0 Å². The molecule has 2 heterocycles. The lowest BCUT2D eigenvalue weighted by atomic mass is 9.97. The molecule has 7 nitrogen and oxygen atoms in total. The van der Waals surface area contributed by atoms with Crippen LogP contribution in [0.15, 0.2) is 53.4 Å². The molecule has 0 amide bonds. The third-order valence-electron chi connectivity index (χ3n) is 3.98. The highest BCUT2D eigenvalue weighted by molar-refractivity contribution is 6.30. The van der Waals surface area contributed by atoms with Gasteiger partial charge in [0.2, 0.25) is 0 Å². The van der Waals surface area contributed by atoms with Crippen molar-refractivity contribution >= 4 is 29.0 Å². The number of allylic oxidation sites excluding steroid dienone is 1. The Morgan fingerprint density at radius 1 is 1.35 bits per heavy atom. The highest BCUT2D eigenvalue weighted by Crippen LogP contribution is 2.33. The average molecular weight is 375 g/mol. The topological polar surface area (TPSA) is 80.0 Å². The molecule has 0 radical (unpaired) electrons. The number of ether oxygens (including phenoxy) is 1. The van der Waals surface area contributed by atoms with Crippen LogP contribution in [0.25, 0.3) is 0 Å². The number of esters is 1. The Kier molecular flexibility index (Phi) is 4.84. The standard InChI is InChI=1S/C18H19ClN4O3/c1-4-26-17(24)15-9-16(12-5-7-13(19)8-6-12)21-23(18(15,2)25)14-10-20-22(3)11-14/h5-11,25H,4H2,1-3H3. The number of aliphatic hydroxyl groups is 1. The maximum absolute atomic E-state index is 12.5. The van der Waals surface area contributed by atoms with E-state index in [4.69, 9.17) is 16.3 Å². The number of carbonyl (C=O) groups excluding carboxylic acids is 1. The van der Waals surface area contributed by atoms with Crippen molar-refractivity contribution in [2.75, 3.05) is 11.6 Å². The van der Waals surface area contributed by atoms with Gasteiger partial charge in [0.1, 0.15) is 5.69 Å². The summed E-state index contributed by atoms with van der Waals surface area (Å²) >= 11 is 5.95. The summed E-state index contributed by atoms with van der Waals surface area (Å²) in [6.07, 6.45) is 4.80. The number of rotatable bonds is 4. The lowest BCUT2D eigenvalue weighted by molar-refractivity contribution is -0.140. The number of halogens is 1. The molecule has 1 N–H and O–H groups in total. The van der Waals surface area contributed by atoms with Gasteiger partial charge in [-0.25, -0.2) is 9.80 Å². The van der Waals surface area contributed by atoms with Crippen LogP contribution in [0.4, 0.5) is 5.69 Å². The summed E-state index contributed by atoms with van der Waals surface area (Å²) in [4.78, 5) is 12.5. The summed E-state index contributed by atoms with van der Waals surface area (Å²) < 4.78 is 6.71. The third kappa shape index (κ3) is 3.36. The monoisotopic (exact) mass is 374 g/mol. The molecule has 3 rings (SSSR count). The molecule has 0 saturated carbocycles. The molecular weight excluding hydrogens is 356 g/mol. The molecule has 0 fully saturated rings. The molecule has 136 valence electrons. The molecule has 0 bridgehead atoms. The Labute approximate surface area is 156 Å². The van der Waals surface area contributed by atoms with Gasteiger partial charge in [-0.2, -0.15) is 10.2 Å². The summed E-state index contributed by atoms with van der Waals surface area (Å²) in [5.41, 5.74) is 0.188. The van der Waals surface area contributed by atoms with E-state index in [1.165, 1.54) is 18.0 Å². The van der Waals surface area contributed by atoms with E-state index in [9.17, 15) is 9.90 Å². The van der Waals surface area contributed by atoms with Gasteiger partial charge >= 0.3 is 5.97 Å². The zero-order chi connectivity index (χ0) is 18.9. The molecule has 1 aliphatic heterocycles. The minimum Gasteiger partial charge on any atom is -0.462 e. The first-order chi connectivity index (χ1) is 12.3. The van der Waals surface area contributed by atoms with Gasteiger partial charge in [-0.3, -0.25) is 4.68 Å². The number of nitrogens with zero attached hydrogens (tertiary/aromatic N) is 4. The van der Waals surface area contributed by atoms with Crippen LogP contribution < -0.4 is 5.01 Å². The first-order valence-corrected chi connectivity index (χ1v) is 8.46. The van der Waals surface area contributed by atoms with Crippen molar-refractivity contribution in [3.63, 3.8) is 0 Å². The Morgan fingerprint density at radius 2 is 2.04 bits per heavy atom. The van der Waals surface area contributed by atoms with E-state index in [0.717, 1.165) is 5.56 Å². The number of hydrogen-bond donors (Lipinski definition) is 1. The second kappa shape index (κ2) is 6.93. The van der Waals surface area contributed by atoms with E-state index in [1.54, 1.807) is 55.3 Å². The van der Waals surface area contributed by atoms with Crippen LogP contribution in [0, 0.1) is 0 Å². The Balaban J connectivity index is 2.13. The summed E-state index contributed by atoms with van der Waals surface area (Å²) in [5, 5.41) is 21.6. The third-order valence-corrected chi connectivity index (χ3v) is 4.23. The summed E-state index contributed by atoms with van der Waals surface area (Å²) in [6, 6.07) is 7.06. The quantitative estimate of drug-likeness (QED) is 0.832. The number of benzene rings is 1. The summed E-state index contributed by atoms with van der Waals surface area (Å²) in [6.45, 7) is 3.40. The van der Waals surface area contributed by atoms with Gasteiger partial charge in [0.05, 0.1) is 24.1 Å². The van der Waals surface area contributed by atoms with E-state index in [1.807, 2.05) is 0 Å². The van der Waals surface area contributed by atoms with E-state index < -0.39 is 11.7 Å². The highest BCUT2D eigenvalue weighted by Gasteiger charge is 2.42. The number of carbonyl (C=O) groups is 1. The van der Waals surface area contributed by atoms with Gasteiger partial charge in [-0.1, -0.05) is 23.7 Å². The maximum Gasteiger partial charge on any atom is 0.339 e. The van der Waals surface area contributed by atoms with E-state index in [0.29, 0.717) is 16.4 Å². The Morgan fingerprint density at radius 3 is 2.62 bits per heavy atom. The first kappa shape index (κ1) is 18.2. The second-order valence-electron chi connectivity index (χ2n) is 5.98. The number of aromatic nitrogens is 2.